The molecule has 0 fully saturated rings. The number of hydrogen-bond donors (Lipinski definition) is 2. The van der Waals surface area contributed by atoms with E-state index in [1.807, 2.05) is 18.2 Å². The Bertz CT molecular complexity index is 618. The van der Waals surface area contributed by atoms with Gasteiger partial charge in [-0.25, -0.2) is 4.79 Å². The molecule has 1 aromatic heterocycles. The molecule has 0 amide bonds. The molecule has 0 saturated heterocycles. The summed E-state index contributed by atoms with van der Waals surface area (Å²) in [5.74, 6) is 0.318. The maximum absolute atomic E-state index is 11.1. The Labute approximate surface area is 110 Å². The Hall–Kier alpha value is -2.01. The van der Waals surface area contributed by atoms with E-state index in [9.17, 15) is 4.79 Å². The summed E-state index contributed by atoms with van der Waals surface area (Å²) in [4.78, 5) is 14.5. The standard InChI is InChI=1S/C14H16N2O3/c1-18-14(17)8-19-9-2-3-12-11(6-9)10-4-5-15-7-13(10)16-12/h2-3,6,15-16H,4-5,7-8H2,1H3. The van der Waals surface area contributed by atoms with Gasteiger partial charge >= 0.3 is 5.97 Å². The number of aromatic nitrogens is 1. The maximum atomic E-state index is 11.1. The van der Waals surface area contributed by atoms with Gasteiger partial charge in [0, 0.05) is 23.1 Å². The quantitative estimate of drug-likeness (QED) is 0.818. The van der Waals surface area contributed by atoms with Crippen LogP contribution < -0.4 is 10.1 Å². The van der Waals surface area contributed by atoms with Crippen molar-refractivity contribution in [1.82, 2.24) is 10.3 Å². The molecular weight excluding hydrogens is 244 g/mol. The van der Waals surface area contributed by atoms with Crippen molar-refractivity contribution < 1.29 is 14.3 Å². The molecule has 2 heterocycles. The molecule has 5 nitrogen and oxygen atoms in total. The summed E-state index contributed by atoms with van der Waals surface area (Å²) in [5.41, 5.74) is 3.70. The average Bonchev–Trinajstić information content (AvgIpc) is 2.82. The van der Waals surface area contributed by atoms with Crippen LogP contribution in [0.15, 0.2) is 18.2 Å². The van der Waals surface area contributed by atoms with Gasteiger partial charge in [0.2, 0.25) is 0 Å². The van der Waals surface area contributed by atoms with Gasteiger partial charge in [0.1, 0.15) is 5.75 Å². The van der Waals surface area contributed by atoms with Gasteiger partial charge < -0.3 is 19.8 Å². The number of carbonyl (C=O) groups is 1. The highest BCUT2D eigenvalue weighted by Gasteiger charge is 2.15. The lowest BCUT2D eigenvalue weighted by Crippen LogP contribution is -2.22. The van der Waals surface area contributed by atoms with Crippen LogP contribution in [0, 0.1) is 0 Å². The van der Waals surface area contributed by atoms with Gasteiger partial charge in [0.25, 0.3) is 0 Å². The summed E-state index contributed by atoms with van der Waals surface area (Å²) in [6.45, 7) is 1.81. The monoisotopic (exact) mass is 260 g/mol. The molecular formula is C14H16N2O3. The molecule has 2 aromatic rings. The summed E-state index contributed by atoms with van der Waals surface area (Å²) in [6.07, 6.45) is 1.01. The third-order valence-electron chi connectivity index (χ3n) is 3.40. The summed E-state index contributed by atoms with van der Waals surface area (Å²) in [7, 11) is 1.35. The van der Waals surface area contributed by atoms with Crippen LogP contribution in [-0.4, -0.2) is 31.2 Å². The third-order valence-corrected chi connectivity index (χ3v) is 3.40. The molecule has 0 bridgehead atoms. The minimum atomic E-state index is -0.375. The summed E-state index contributed by atoms with van der Waals surface area (Å²) >= 11 is 0. The molecule has 0 saturated carbocycles. The SMILES string of the molecule is COC(=O)COc1ccc2[nH]c3c(c2c1)CCNC3. The zero-order chi connectivity index (χ0) is 13.2. The van der Waals surface area contributed by atoms with E-state index < -0.39 is 0 Å². The summed E-state index contributed by atoms with van der Waals surface area (Å²) < 4.78 is 9.98. The van der Waals surface area contributed by atoms with Gasteiger partial charge in [0.15, 0.2) is 6.61 Å². The fraction of sp³-hybridized carbons (Fsp3) is 0.357. The first-order chi connectivity index (χ1) is 9.28. The van der Waals surface area contributed by atoms with E-state index in [4.69, 9.17) is 4.74 Å². The number of methoxy groups -OCH3 is 1. The molecule has 0 unspecified atom stereocenters. The second-order valence-corrected chi connectivity index (χ2v) is 4.58. The molecule has 0 aliphatic carbocycles. The molecule has 1 aromatic carbocycles. The van der Waals surface area contributed by atoms with Crippen molar-refractivity contribution in [3.8, 4) is 5.75 Å². The van der Waals surface area contributed by atoms with Crippen molar-refractivity contribution in [2.45, 2.75) is 13.0 Å². The number of hydrogen-bond acceptors (Lipinski definition) is 4. The molecule has 1 aliphatic heterocycles. The van der Waals surface area contributed by atoms with Crippen LogP contribution >= 0.6 is 0 Å². The van der Waals surface area contributed by atoms with Crippen LogP contribution in [0.3, 0.4) is 0 Å². The van der Waals surface area contributed by atoms with Crippen LogP contribution in [0.1, 0.15) is 11.3 Å². The van der Waals surface area contributed by atoms with Crippen LogP contribution in [0.5, 0.6) is 5.75 Å². The Morgan fingerprint density at radius 3 is 3.16 bits per heavy atom. The fourth-order valence-corrected chi connectivity index (χ4v) is 2.44. The fourth-order valence-electron chi connectivity index (χ4n) is 2.44. The topological polar surface area (TPSA) is 63.4 Å². The second kappa shape index (κ2) is 4.93. The number of fused-ring (bicyclic) bond motifs is 3. The third kappa shape index (κ3) is 2.29. The predicted octanol–water partition coefficient (Wildman–Crippen LogP) is 1.37. The van der Waals surface area contributed by atoms with E-state index in [1.165, 1.54) is 23.8 Å². The number of rotatable bonds is 3. The van der Waals surface area contributed by atoms with E-state index in [2.05, 4.69) is 15.0 Å². The van der Waals surface area contributed by atoms with Crippen molar-refractivity contribution in [2.24, 2.45) is 0 Å². The highest BCUT2D eigenvalue weighted by molar-refractivity contribution is 5.86. The lowest BCUT2D eigenvalue weighted by atomic mass is 10.0. The first-order valence-electron chi connectivity index (χ1n) is 6.32. The summed E-state index contributed by atoms with van der Waals surface area (Å²) in [5, 5.41) is 4.52. The number of carbonyl (C=O) groups excluding carboxylic acids is 1. The van der Waals surface area contributed by atoms with Crippen LogP contribution in [-0.2, 0) is 22.5 Å². The number of ether oxygens (including phenoxy) is 2. The minimum Gasteiger partial charge on any atom is -0.482 e. The molecule has 100 valence electrons. The minimum absolute atomic E-state index is 0.0593. The van der Waals surface area contributed by atoms with E-state index in [1.54, 1.807) is 0 Å². The Kier molecular flexibility index (Phi) is 3.13. The van der Waals surface area contributed by atoms with Crippen molar-refractivity contribution >= 4 is 16.9 Å². The lowest BCUT2D eigenvalue weighted by Gasteiger charge is -2.12. The molecule has 3 rings (SSSR count). The maximum Gasteiger partial charge on any atom is 0.343 e. The van der Waals surface area contributed by atoms with Crippen molar-refractivity contribution in [3.63, 3.8) is 0 Å². The number of H-pyrrole nitrogens is 1. The Morgan fingerprint density at radius 2 is 2.32 bits per heavy atom. The second-order valence-electron chi connectivity index (χ2n) is 4.58. The van der Waals surface area contributed by atoms with Gasteiger partial charge in [-0.2, -0.15) is 0 Å². The summed E-state index contributed by atoms with van der Waals surface area (Å²) in [6, 6.07) is 5.83. The number of benzene rings is 1. The van der Waals surface area contributed by atoms with Crippen LogP contribution in [0.25, 0.3) is 10.9 Å². The number of esters is 1. The van der Waals surface area contributed by atoms with Gasteiger partial charge in [-0.3, -0.25) is 0 Å². The van der Waals surface area contributed by atoms with E-state index in [-0.39, 0.29) is 12.6 Å². The van der Waals surface area contributed by atoms with E-state index >= 15 is 0 Å². The molecule has 19 heavy (non-hydrogen) atoms. The molecule has 0 radical (unpaired) electrons. The predicted molar refractivity (Wildman–Crippen MR) is 71.2 cm³/mol. The number of nitrogens with one attached hydrogen (secondary N) is 2. The van der Waals surface area contributed by atoms with Crippen molar-refractivity contribution in [3.05, 3.63) is 29.5 Å². The first kappa shape index (κ1) is 12.0. The zero-order valence-electron chi connectivity index (χ0n) is 10.8. The first-order valence-corrected chi connectivity index (χ1v) is 6.32. The molecule has 1 aliphatic rings. The van der Waals surface area contributed by atoms with Gasteiger partial charge in [0.05, 0.1) is 7.11 Å². The van der Waals surface area contributed by atoms with E-state index in [0.29, 0.717) is 5.75 Å². The molecule has 2 N–H and O–H groups in total. The van der Waals surface area contributed by atoms with Crippen molar-refractivity contribution in [1.29, 1.82) is 0 Å². The highest BCUT2D eigenvalue weighted by Crippen LogP contribution is 2.28. The van der Waals surface area contributed by atoms with Gasteiger partial charge in [-0.15, -0.1) is 0 Å². The largest absolute Gasteiger partial charge is 0.482 e. The Balaban J connectivity index is 1.89. The molecule has 5 heteroatoms. The van der Waals surface area contributed by atoms with E-state index in [0.717, 1.165) is 25.0 Å². The normalized spacial score (nSPS) is 14.2. The highest BCUT2D eigenvalue weighted by atomic mass is 16.6. The molecule has 0 spiro atoms. The zero-order valence-corrected chi connectivity index (χ0v) is 10.8. The number of aromatic amines is 1. The van der Waals surface area contributed by atoms with Crippen LogP contribution in [0.4, 0.5) is 0 Å². The Morgan fingerprint density at radius 1 is 1.42 bits per heavy atom. The molecule has 0 atom stereocenters. The van der Waals surface area contributed by atoms with Crippen LogP contribution in [0.2, 0.25) is 0 Å². The van der Waals surface area contributed by atoms with Gasteiger partial charge in [-0.05, 0) is 36.7 Å². The smallest absolute Gasteiger partial charge is 0.343 e. The van der Waals surface area contributed by atoms with Gasteiger partial charge in [-0.1, -0.05) is 0 Å². The van der Waals surface area contributed by atoms with Crippen molar-refractivity contribution in [2.75, 3.05) is 20.3 Å². The average molecular weight is 260 g/mol. The lowest BCUT2D eigenvalue weighted by molar-refractivity contribution is -0.142.